The molecular weight excluding hydrogens is 156 g/mol. The Labute approximate surface area is 69.5 Å². The lowest BCUT2D eigenvalue weighted by molar-refractivity contribution is 0.939. The van der Waals surface area contributed by atoms with E-state index in [2.05, 4.69) is 22.7 Å². The number of thiazole rings is 1. The molecule has 0 aliphatic rings. The maximum Gasteiger partial charge on any atom is 0.151 e. The summed E-state index contributed by atoms with van der Waals surface area (Å²) in [7, 11) is 2.04. The van der Waals surface area contributed by atoms with E-state index in [4.69, 9.17) is 0 Å². The molecule has 0 fully saturated rings. The van der Waals surface area contributed by atoms with Crippen LogP contribution in [0.3, 0.4) is 0 Å². The highest BCUT2D eigenvalue weighted by atomic mass is 32.1. The van der Waals surface area contributed by atoms with Gasteiger partial charge >= 0.3 is 0 Å². The van der Waals surface area contributed by atoms with E-state index >= 15 is 0 Å². The fourth-order valence-corrected chi connectivity index (χ4v) is 2.22. The summed E-state index contributed by atoms with van der Waals surface area (Å²) in [5.74, 6) is 0. The first kappa shape index (κ1) is 6.85. The second-order valence-corrected chi connectivity index (χ2v) is 3.48. The molecule has 0 saturated carbocycles. The van der Waals surface area contributed by atoms with Gasteiger partial charge in [-0.25, -0.2) is 4.98 Å². The fraction of sp³-hybridized carbons (Fsp3) is 0.375. The minimum atomic E-state index is 1.10. The predicted molar refractivity (Wildman–Crippen MR) is 48.0 cm³/mol. The third-order valence-electron chi connectivity index (χ3n) is 1.90. The van der Waals surface area contributed by atoms with Crippen molar-refractivity contribution in [2.45, 2.75) is 13.3 Å². The maximum absolute atomic E-state index is 4.27. The molecule has 0 N–H and O–H groups in total. The lowest BCUT2D eigenvalue weighted by atomic mass is 10.3. The normalized spacial score (nSPS) is 11.1. The van der Waals surface area contributed by atoms with Gasteiger partial charge in [0.05, 0.1) is 10.2 Å². The summed E-state index contributed by atoms with van der Waals surface area (Å²) in [5, 5.41) is 0. The number of aromatic nitrogens is 2. The Hall–Kier alpha value is -0.830. The van der Waals surface area contributed by atoms with Crippen LogP contribution in [0.4, 0.5) is 0 Å². The largest absolute Gasteiger partial charge is 0.335 e. The van der Waals surface area contributed by atoms with E-state index < -0.39 is 0 Å². The third kappa shape index (κ3) is 0.878. The Morgan fingerprint density at radius 1 is 1.64 bits per heavy atom. The van der Waals surface area contributed by atoms with Crippen LogP contribution in [0.2, 0.25) is 0 Å². The Balaban J connectivity index is 2.80. The summed E-state index contributed by atoms with van der Waals surface area (Å²) in [5.41, 5.74) is 4.43. The van der Waals surface area contributed by atoms with Crippen LogP contribution in [0.15, 0.2) is 11.7 Å². The van der Waals surface area contributed by atoms with Crippen molar-refractivity contribution < 1.29 is 0 Å². The first-order chi connectivity index (χ1) is 5.33. The highest BCUT2D eigenvalue weighted by Gasteiger charge is 2.05. The van der Waals surface area contributed by atoms with E-state index in [-0.39, 0.29) is 0 Å². The number of hydrogen-bond acceptors (Lipinski definition) is 2. The number of nitrogens with zero attached hydrogens (tertiary/aromatic N) is 2. The summed E-state index contributed by atoms with van der Waals surface area (Å²) < 4.78 is 3.43. The first-order valence-electron chi connectivity index (χ1n) is 3.70. The van der Waals surface area contributed by atoms with Gasteiger partial charge in [0.25, 0.3) is 0 Å². The molecule has 0 saturated heterocycles. The smallest absolute Gasteiger partial charge is 0.151 e. The molecule has 0 radical (unpaired) electrons. The number of aryl methyl sites for hydroxylation is 2. The van der Waals surface area contributed by atoms with Gasteiger partial charge in [0.15, 0.2) is 5.65 Å². The van der Waals surface area contributed by atoms with Gasteiger partial charge in [-0.1, -0.05) is 6.92 Å². The molecule has 2 nitrogen and oxygen atoms in total. The molecule has 2 rings (SSSR count). The Morgan fingerprint density at radius 2 is 2.45 bits per heavy atom. The van der Waals surface area contributed by atoms with E-state index in [1.165, 1.54) is 10.3 Å². The molecule has 0 aliphatic heterocycles. The van der Waals surface area contributed by atoms with Crippen LogP contribution in [0.5, 0.6) is 0 Å². The third-order valence-corrected chi connectivity index (χ3v) is 2.80. The number of hydrogen-bond donors (Lipinski definition) is 0. The Bertz CT molecular complexity index is 372. The van der Waals surface area contributed by atoms with Crippen molar-refractivity contribution in [2.75, 3.05) is 0 Å². The summed E-state index contributed by atoms with van der Waals surface area (Å²) in [6.45, 7) is 2.18. The molecule has 3 heteroatoms. The average Bonchev–Trinajstić information content (AvgIpc) is 2.54. The quantitative estimate of drug-likeness (QED) is 0.635. The zero-order valence-electron chi connectivity index (χ0n) is 6.66. The van der Waals surface area contributed by atoms with Crippen LogP contribution in [0.1, 0.15) is 12.5 Å². The van der Waals surface area contributed by atoms with Gasteiger partial charge in [-0.05, 0) is 12.0 Å². The first-order valence-corrected chi connectivity index (χ1v) is 4.58. The minimum absolute atomic E-state index is 1.10. The average molecular weight is 166 g/mol. The molecule has 11 heavy (non-hydrogen) atoms. The van der Waals surface area contributed by atoms with Crippen molar-refractivity contribution in [3.05, 3.63) is 17.3 Å². The predicted octanol–water partition coefficient (Wildman–Crippen LogP) is 2.20. The Kier molecular flexibility index (Phi) is 1.46. The van der Waals surface area contributed by atoms with Crippen molar-refractivity contribution in [3.8, 4) is 0 Å². The molecular formula is C8H10N2S. The van der Waals surface area contributed by atoms with Crippen LogP contribution in [-0.4, -0.2) is 9.55 Å². The molecule has 0 spiro atoms. The van der Waals surface area contributed by atoms with Crippen molar-refractivity contribution in [1.29, 1.82) is 0 Å². The van der Waals surface area contributed by atoms with Gasteiger partial charge in [0.2, 0.25) is 0 Å². The topological polar surface area (TPSA) is 17.8 Å². The highest BCUT2D eigenvalue weighted by Crippen LogP contribution is 2.23. The molecule has 58 valence electrons. The minimum Gasteiger partial charge on any atom is -0.335 e. The van der Waals surface area contributed by atoms with Gasteiger partial charge in [-0.2, -0.15) is 0 Å². The van der Waals surface area contributed by atoms with Crippen LogP contribution in [-0.2, 0) is 13.5 Å². The summed E-state index contributed by atoms with van der Waals surface area (Å²) >= 11 is 1.73. The van der Waals surface area contributed by atoms with Crippen molar-refractivity contribution >= 4 is 21.7 Å². The van der Waals surface area contributed by atoms with Crippen LogP contribution in [0.25, 0.3) is 10.3 Å². The van der Waals surface area contributed by atoms with E-state index in [0.29, 0.717) is 0 Å². The van der Waals surface area contributed by atoms with Gasteiger partial charge in [0.1, 0.15) is 0 Å². The van der Waals surface area contributed by atoms with E-state index in [9.17, 15) is 0 Å². The lowest BCUT2D eigenvalue weighted by Gasteiger charge is -1.86. The summed E-state index contributed by atoms with van der Waals surface area (Å²) in [4.78, 5) is 4.27. The van der Waals surface area contributed by atoms with Gasteiger partial charge in [0, 0.05) is 13.2 Å². The van der Waals surface area contributed by atoms with Gasteiger partial charge in [-0.3, -0.25) is 0 Å². The van der Waals surface area contributed by atoms with Crippen LogP contribution in [0, 0.1) is 0 Å². The fourth-order valence-electron chi connectivity index (χ4n) is 1.32. The highest BCUT2D eigenvalue weighted by molar-refractivity contribution is 7.16. The van der Waals surface area contributed by atoms with E-state index in [1.807, 2.05) is 12.6 Å². The zero-order chi connectivity index (χ0) is 7.84. The second kappa shape index (κ2) is 2.34. The monoisotopic (exact) mass is 166 g/mol. The number of rotatable bonds is 1. The summed E-state index contributed by atoms with van der Waals surface area (Å²) in [6.07, 6.45) is 3.26. The molecule has 0 aliphatic carbocycles. The lowest BCUT2D eigenvalue weighted by Crippen LogP contribution is -1.83. The molecule has 2 aromatic heterocycles. The molecule has 2 aromatic rings. The molecule has 0 aromatic carbocycles. The van der Waals surface area contributed by atoms with Gasteiger partial charge < -0.3 is 4.57 Å². The molecule has 0 atom stereocenters. The maximum atomic E-state index is 4.27. The van der Waals surface area contributed by atoms with Crippen molar-refractivity contribution in [1.82, 2.24) is 9.55 Å². The summed E-state index contributed by atoms with van der Waals surface area (Å²) in [6, 6.07) is 0. The van der Waals surface area contributed by atoms with E-state index in [1.54, 1.807) is 11.3 Å². The Morgan fingerprint density at radius 3 is 3.18 bits per heavy atom. The molecule has 0 amide bonds. The zero-order valence-corrected chi connectivity index (χ0v) is 7.48. The SMILES string of the molecule is CCc1cn(C)c2ncsc12. The van der Waals surface area contributed by atoms with Gasteiger partial charge in [-0.15, -0.1) is 11.3 Å². The molecule has 0 bridgehead atoms. The number of fused-ring (bicyclic) bond motifs is 1. The van der Waals surface area contributed by atoms with Crippen molar-refractivity contribution in [2.24, 2.45) is 7.05 Å². The molecule has 0 unspecified atom stereocenters. The van der Waals surface area contributed by atoms with Crippen LogP contribution < -0.4 is 0 Å². The van der Waals surface area contributed by atoms with Crippen LogP contribution >= 0.6 is 11.3 Å². The van der Waals surface area contributed by atoms with E-state index in [0.717, 1.165) is 12.1 Å². The van der Waals surface area contributed by atoms with Crippen molar-refractivity contribution in [3.63, 3.8) is 0 Å². The molecule has 2 heterocycles. The standard InChI is InChI=1S/C8H10N2S/c1-3-6-4-10(2)8-7(6)11-5-9-8/h4-5H,3H2,1-2H3. The second-order valence-electron chi connectivity index (χ2n) is 2.62.